The fraction of sp³-hybridized carbons (Fsp3) is 0.538. The van der Waals surface area contributed by atoms with Gasteiger partial charge in [-0.3, -0.25) is 4.90 Å². The van der Waals surface area contributed by atoms with Crippen LogP contribution in [0, 0.1) is 0 Å². The highest BCUT2D eigenvalue weighted by molar-refractivity contribution is 5.47. The average molecular weight is 220 g/mol. The lowest BCUT2D eigenvalue weighted by Crippen LogP contribution is -2.36. The summed E-state index contributed by atoms with van der Waals surface area (Å²) in [5.74, 6) is 0. The normalized spacial score (nSPS) is 20.7. The van der Waals surface area contributed by atoms with E-state index in [1.165, 1.54) is 12.1 Å². The smallest absolute Gasteiger partial charge is 0.0558 e. The summed E-state index contributed by atoms with van der Waals surface area (Å²) < 4.78 is 0. The Morgan fingerprint density at radius 1 is 1.38 bits per heavy atom. The first-order valence-corrected chi connectivity index (χ1v) is 5.92. The molecule has 0 spiro atoms. The predicted octanol–water partition coefficient (Wildman–Crippen LogP) is 1.19. The number of hydrogen-bond donors (Lipinski definition) is 1. The van der Waals surface area contributed by atoms with Gasteiger partial charge in [-0.05, 0) is 25.6 Å². The third-order valence-electron chi connectivity index (χ3n) is 3.36. The van der Waals surface area contributed by atoms with E-state index in [9.17, 15) is 0 Å². The monoisotopic (exact) mass is 220 g/mol. The molecule has 0 amide bonds. The summed E-state index contributed by atoms with van der Waals surface area (Å²) in [7, 11) is 2.09. The first-order chi connectivity index (χ1) is 7.81. The van der Waals surface area contributed by atoms with Crippen LogP contribution in [-0.2, 0) is 0 Å². The van der Waals surface area contributed by atoms with Crippen LogP contribution < -0.4 is 4.90 Å². The Bertz CT molecular complexity index is 315. The lowest BCUT2D eigenvalue weighted by Gasteiger charge is -2.24. The molecule has 1 fully saturated rings. The zero-order valence-electron chi connectivity index (χ0n) is 9.84. The maximum Gasteiger partial charge on any atom is 0.0558 e. The van der Waals surface area contributed by atoms with Crippen LogP contribution in [0.5, 0.6) is 0 Å². The van der Waals surface area contributed by atoms with Gasteiger partial charge >= 0.3 is 0 Å². The zero-order valence-corrected chi connectivity index (χ0v) is 9.84. The second-order valence-electron chi connectivity index (χ2n) is 4.43. The summed E-state index contributed by atoms with van der Waals surface area (Å²) >= 11 is 0. The van der Waals surface area contributed by atoms with E-state index in [1.807, 2.05) is 0 Å². The van der Waals surface area contributed by atoms with Gasteiger partial charge < -0.3 is 10.0 Å². The molecule has 1 aromatic rings. The van der Waals surface area contributed by atoms with Gasteiger partial charge in [0.05, 0.1) is 6.61 Å². The highest BCUT2D eigenvalue weighted by Crippen LogP contribution is 2.21. The SMILES string of the molecule is CN(CCO)C1CCN(c2ccccc2)C1. The minimum atomic E-state index is 0.248. The van der Waals surface area contributed by atoms with Gasteiger partial charge in [0.25, 0.3) is 0 Å². The molecule has 0 aromatic heterocycles. The maximum atomic E-state index is 8.92. The Morgan fingerprint density at radius 2 is 2.12 bits per heavy atom. The Kier molecular flexibility index (Phi) is 3.80. The zero-order chi connectivity index (χ0) is 11.4. The van der Waals surface area contributed by atoms with Crippen LogP contribution in [0.2, 0.25) is 0 Å². The van der Waals surface area contributed by atoms with Gasteiger partial charge in [0.15, 0.2) is 0 Å². The van der Waals surface area contributed by atoms with Crippen molar-refractivity contribution in [2.75, 3.05) is 38.2 Å². The summed E-state index contributed by atoms with van der Waals surface area (Å²) in [6.07, 6.45) is 1.19. The molecular weight excluding hydrogens is 200 g/mol. The van der Waals surface area contributed by atoms with E-state index in [1.54, 1.807) is 0 Å². The van der Waals surface area contributed by atoms with Crippen LogP contribution in [0.4, 0.5) is 5.69 Å². The van der Waals surface area contributed by atoms with Crippen molar-refractivity contribution in [2.45, 2.75) is 12.5 Å². The van der Waals surface area contributed by atoms with Crippen LogP contribution >= 0.6 is 0 Å². The third-order valence-corrected chi connectivity index (χ3v) is 3.36. The molecule has 0 saturated carbocycles. The fourth-order valence-electron chi connectivity index (χ4n) is 2.32. The first-order valence-electron chi connectivity index (χ1n) is 5.92. The van der Waals surface area contributed by atoms with Crippen molar-refractivity contribution in [3.63, 3.8) is 0 Å². The molecule has 1 aliphatic heterocycles. The second-order valence-corrected chi connectivity index (χ2v) is 4.43. The van der Waals surface area contributed by atoms with Crippen molar-refractivity contribution in [2.24, 2.45) is 0 Å². The molecule has 2 rings (SSSR count). The molecule has 3 nitrogen and oxygen atoms in total. The van der Waals surface area contributed by atoms with Crippen molar-refractivity contribution in [3.8, 4) is 0 Å². The number of para-hydroxylation sites is 1. The van der Waals surface area contributed by atoms with Crippen LogP contribution in [0.3, 0.4) is 0 Å². The van der Waals surface area contributed by atoms with Crippen molar-refractivity contribution in [3.05, 3.63) is 30.3 Å². The van der Waals surface area contributed by atoms with Crippen molar-refractivity contribution >= 4 is 5.69 Å². The molecule has 88 valence electrons. The molecule has 1 aromatic carbocycles. The molecule has 1 saturated heterocycles. The predicted molar refractivity (Wildman–Crippen MR) is 66.8 cm³/mol. The van der Waals surface area contributed by atoms with Crippen molar-refractivity contribution in [1.82, 2.24) is 4.90 Å². The Hall–Kier alpha value is -1.06. The number of rotatable bonds is 4. The number of likely N-dealkylation sites (N-methyl/N-ethyl adjacent to an activating group) is 1. The summed E-state index contributed by atoms with van der Waals surface area (Å²) in [5.41, 5.74) is 1.31. The van der Waals surface area contributed by atoms with E-state index in [0.29, 0.717) is 6.04 Å². The lowest BCUT2D eigenvalue weighted by molar-refractivity contribution is 0.188. The number of anilines is 1. The number of aliphatic hydroxyl groups excluding tert-OH is 1. The molecule has 1 unspecified atom stereocenters. The van der Waals surface area contributed by atoms with Gasteiger partial charge in [0.1, 0.15) is 0 Å². The highest BCUT2D eigenvalue weighted by atomic mass is 16.3. The minimum Gasteiger partial charge on any atom is -0.395 e. The van der Waals surface area contributed by atoms with Crippen LogP contribution in [0.25, 0.3) is 0 Å². The topological polar surface area (TPSA) is 26.7 Å². The van der Waals surface area contributed by atoms with Gasteiger partial charge in [0.2, 0.25) is 0 Å². The van der Waals surface area contributed by atoms with E-state index in [2.05, 4.69) is 47.2 Å². The molecule has 0 aliphatic carbocycles. The molecule has 1 N–H and O–H groups in total. The second kappa shape index (κ2) is 5.32. The molecular formula is C13H20N2O. The molecule has 3 heteroatoms. The Balaban J connectivity index is 1.93. The quantitative estimate of drug-likeness (QED) is 0.825. The van der Waals surface area contributed by atoms with Crippen molar-refractivity contribution < 1.29 is 5.11 Å². The number of aliphatic hydroxyl groups is 1. The Labute approximate surface area is 97.3 Å². The summed E-state index contributed by atoms with van der Waals surface area (Å²) in [5, 5.41) is 8.92. The highest BCUT2D eigenvalue weighted by Gasteiger charge is 2.25. The fourth-order valence-corrected chi connectivity index (χ4v) is 2.32. The van der Waals surface area contributed by atoms with Crippen molar-refractivity contribution in [1.29, 1.82) is 0 Å². The van der Waals surface area contributed by atoms with Gasteiger partial charge in [-0.1, -0.05) is 18.2 Å². The van der Waals surface area contributed by atoms with E-state index < -0.39 is 0 Å². The van der Waals surface area contributed by atoms with E-state index in [-0.39, 0.29) is 6.61 Å². The van der Waals surface area contributed by atoms with Crippen LogP contribution in [0.15, 0.2) is 30.3 Å². The molecule has 0 bridgehead atoms. The summed E-state index contributed by atoms with van der Waals surface area (Å²) in [6.45, 7) is 3.20. The van der Waals surface area contributed by atoms with E-state index >= 15 is 0 Å². The van der Waals surface area contributed by atoms with Gasteiger partial charge in [-0.15, -0.1) is 0 Å². The third kappa shape index (κ3) is 2.54. The van der Waals surface area contributed by atoms with Crippen LogP contribution in [0.1, 0.15) is 6.42 Å². The van der Waals surface area contributed by atoms with E-state index in [4.69, 9.17) is 5.11 Å². The first kappa shape index (κ1) is 11.4. The summed E-state index contributed by atoms with van der Waals surface area (Å²) in [4.78, 5) is 4.67. The molecule has 1 atom stereocenters. The lowest BCUT2D eigenvalue weighted by atomic mass is 10.2. The molecule has 16 heavy (non-hydrogen) atoms. The number of hydrogen-bond acceptors (Lipinski definition) is 3. The largest absolute Gasteiger partial charge is 0.395 e. The molecule has 1 aliphatic rings. The van der Waals surface area contributed by atoms with Gasteiger partial charge in [0, 0.05) is 31.4 Å². The molecule has 0 radical (unpaired) electrons. The summed E-state index contributed by atoms with van der Waals surface area (Å²) in [6, 6.07) is 11.1. The molecule has 1 heterocycles. The number of nitrogens with zero attached hydrogens (tertiary/aromatic N) is 2. The maximum absolute atomic E-state index is 8.92. The van der Waals surface area contributed by atoms with E-state index in [0.717, 1.165) is 19.6 Å². The van der Waals surface area contributed by atoms with Gasteiger partial charge in [-0.2, -0.15) is 0 Å². The minimum absolute atomic E-state index is 0.248. The standard InChI is InChI=1S/C13H20N2O/c1-14(9-10-16)13-7-8-15(11-13)12-5-3-2-4-6-12/h2-6,13,16H,7-11H2,1H3. The Morgan fingerprint density at radius 3 is 2.81 bits per heavy atom. The average Bonchev–Trinajstić information content (AvgIpc) is 2.80. The van der Waals surface area contributed by atoms with Gasteiger partial charge in [-0.25, -0.2) is 0 Å². The van der Waals surface area contributed by atoms with Crippen LogP contribution in [-0.4, -0.2) is 49.3 Å². The number of benzene rings is 1.